The molecule has 0 aliphatic heterocycles. The van der Waals surface area contributed by atoms with Crippen LogP contribution in [0.2, 0.25) is 0 Å². The number of urea groups is 1. The molecular formula is C17H23N5O2S. The summed E-state index contributed by atoms with van der Waals surface area (Å²) in [6, 6.07) is 7.51. The number of rotatable bonds is 7. The van der Waals surface area contributed by atoms with Crippen LogP contribution in [0.1, 0.15) is 25.8 Å². The van der Waals surface area contributed by atoms with Gasteiger partial charge >= 0.3 is 6.03 Å². The Hall–Kier alpha value is -2.35. The number of hydrogen-bond donors (Lipinski definition) is 2. The van der Waals surface area contributed by atoms with Crippen molar-refractivity contribution in [1.82, 2.24) is 25.4 Å². The van der Waals surface area contributed by atoms with E-state index < -0.39 is 6.03 Å². The molecule has 2 N–H and O–H groups in total. The van der Waals surface area contributed by atoms with Gasteiger partial charge in [0.15, 0.2) is 11.0 Å². The van der Waals surface area contributed by atoms with Gasteiger partial charge in [0.25, 0.3) is 0 Å². The van der Waals surface area contributed by atoms with Crippen LogP contribution in [-0.2, 0) is 11.3 Å². The number of hydrogen-bond acceptors (Lipinski definition) is 5. The number of nitrogens with one attached hydrogen (secondary N) is 2. The molecule has 1 heterocycles. The first-order chi connectivity index (χ1) is 12.1. The Balaban J connectivity index is 2.03. The first kappa shape index (κ1) is 19.0. The Labute approximate surface area is 151 Å². The molecule has 7 nitrogen and oxygen atoms in total. The van der Waals surface area contributed by atoms with Gasteiger partial charge in [-0.2, -0.15) is 0 Å². The van der Waals surface area contributed by atoms with Crippen molar-refractivity contribution in [2.24, 2.45) is 0 Å². The third kappa shape index (κ3) is 5.06. The Kier molecular flexibility index (Phi) is 7.00. The summed E-state index contributed by atoms with van der Waals surface area (Å²) in [4.78, 5) is 23.4. The molecule has 0 aliphatic rings. The molecule has 2 aromatic rings. The van der Waals surface area contributed by atoms with Crippen LogP contribution in [0, 0.1) is 6.92 Å². The van der Waals surface area contributed by atoms with Crippen LogP contribution in [-0.4, -0.2) is 39.0 Å². The van der Waals surface area contributed by atoms with Crippen LogP contribution in [0.15, 0.2) is 29.4 Å². The van der Waals surface area contributed by atoms with Crippen molar-refractivity contribution in [2.75, 3.05) is 12.3 Å². The van der Waals surface area contributed by atoms with E-state index in [1.165, 1.54) is 11.8 Å². The van der Waals surface area contributed by atoms with Crippen molar-refractivity contribution < 1.29 is 9.59 Å². The van der Waals surface area contributed by atoms with Crippen molar-refractivity contribution in [3.05, 3.63) is 29.8 Å². The van der Waals surface area contributed by atoms with Crippen LogP contribution in [0.5, 0.6) is 0 Å². The second-order valence-corrected chi connectivity index (χ2v) is 6.40. The molecule has 134 valence electrons. The SMILES string of the molecule is CCCNC(=O)NC(=O)CSc1nnc(-c2ccccc2C)n1CC. The number of carbonyl (C=O) groups excluding carboxylic acids is 2. The van der Waals surface area contributed by atoms with Gasteiger partial charge in [0.05, 0.1) is 5.75 Å². The molecule has 0 saturated carbocycles. The average Bonchev–Trinajstić information content (AvgIpc) is 3.01. The van der Waals surface area contributed by atoms with Crippen molar-refractivity contribution in [2.45, 2.75) is 38.9 Å². The summed E-state index contributed by atoms with van der Waals surface area (Å²) in [6.45, 7) is 7.21. The fourth-order valence-electron chi connectivity index (χ4n) is 2.28. The number of amides is 3. The number of nitrogens with zero attached hydrogens (tertiary/aromatic N) is 3. The Bertz CT molecular complexity index is 744. The van der Waals surface area contributed by atoms with E-state index >= 15 is 0 Å². The van der Waals surface area contributed by atoms with Crippen LogP contribution in [0.4, 0.5) is 4.79 Å². The highest BCUT2D eigenvalue weighted by molar-refractivity contribution is 7.99. The maximum atomic E-state index is 11.9. The van der Waals surface area contributed by atoms with Gasteiger partial charge in [0, 0.05) is 18.7 Å². The lowest BCUT2D eigenvalue weighted by molar-refractivity contribution is -0.117. The van der Waals surface area contributed by atoms with E-state index in [0.29, 0.717) is 18.2 Å². The standard InChI is InChI=1S/C17H23N5O2S/c1-4-10-18-16(24)19-14(23)11-25-17-21-20-15(22(17)5-2)13-9-7-6-8-12(13)3/h6-9H,4-5,10-11H2,1-3H3,(H2,18,19,23,24). The molecule has 3 amide bonds. The lowest BCUT2D eigenvalue weighted by Gasteiger charge is -2.09. The minimum absolute atomic E-state index is 0.103. The zero-order valence-corrected chi connectivity index (χ0v) is 15.5. The van der Waals surface area contributed by atoms with E-state index in [-0.39, 0.29) is 11.7 Å². The van der Waals surface area contributed by atoms with Gasteiger partial charge in [0.1, 0.15) is 0 Å². The van der Waals surface area contributed by atoms with Crippen molar-refractivity contribution >= 4 is 23.7 Å². The highest BCUT2D eigenvalue weighted by Gasteiger charge is 2.16. The molecule has 1 aromatic heterocycles. The minimum Gasteiger partial charge on any atom is -0.338 e. The van der Waals surface area contributed by atoms with Gasteiger partial charge in [-0.05, 0) is 25.8 Å². The smallest absolute Gasteiger partial charge is 0.321 e. The fraction of sp³-hybridized carbons (Fsp3) is 0.412. The molecule has 0 atom stereocenters. The van der Waals surface area contributed by atoms with Gasteiger partial charge in [0.2, 0.25) is 5.91 Å². The number of benzene rings is 1. The van der Waals surface area contributed by atoms with Crippen molar-refractivity contribution in [3.8, 4) is 11.4 Å². The maximum absolute atomic E-state index is 11.9. The molecular weight excluding hydrogens is 338 g/mol. The maximum Gasteiger partial charge on any atom is 0.321 e. The molecule has 0 spiro atoms. The third-order valence-electron chi connectivity index (χ3n) is 3.54. The lowest BCUT2D eigenvalue weighted by atomic mass is 10.1. The highest BCUT2D eigenvalue weighted by atomic mass is 32.2. The number of aromatic nitrogens is 3. The molecule has 1 aromatic carbocycles. The normalized spacial score (nSPS) is 10.5. The van der Waals surface area contributed by atoms with Crippen molar-refractivity contribution in [3.63, 3.8) is 0 Å². The Morgan fingerprint density at radius 2 is 1.96 bits per heavy atom. The van der Waals surface area contributed by atoms with Crippen LogP contribution >= 0.6 is 11.8 Å². The van der Waals surface area contributed by atoms with Gasteiger partial charge < -0.3 is 9.88 Å². The summed E-state index contributed by atoms with van der Waals surface area (Å²) in [5.41, 5.74) is 2.14. The van der Waals surface area contributed by atoms with Crippen LogP contribution < -0.4 is 10.6 Å². The minimum atomic E-state index is -0.468. The molecule has 2 rings (SSSR count). The van der Waals surface area contributed by atoms with Gasteiger partial charge in [-0.15, -0.1) is 10.2 Å². The summed E-state index contributed by atoms with van der Waals surface area (Å²) < 4.78 is 1.97. The zero-order chi connectivity index (χ0) is 18.2. The summed E-state index contributed by atoms with van der Waals surface area (Å²) in [7, 11) is 0. The van der Waals surface area contributed by atoms with E-state index in [1.807, 2.05) is 49.6 Å². The van der Waals surface area contributed by atoms with Crippen molar-refractivity contribution in [1.29, 1.82) is 0 Å². The topological polar surface area (TPSA) is 88.9 Å². The van der Waals surface area contributed by atoms with Gasteiger partial charge in [-0.25, -0.2) is 4.79 Å². The average molecular weight is 361 g/mol. The summed E-state index contributed by atoms with van der Waals surface area (Å²) in [6.07, 6.45) is 0.817. The highest BCUT2D eigenvalue weighted by Crippen LogP contribution is 2.25. The Morgan fingerprint density at radius 3 is 2.64 bits per heavy atom. The fourth-order valence-corrected chi connectivity index (χ4v) is 3.08. The largest absolute Gasteiger partial charge is 0.338 e. The number of aryl methyl sites for hydroxylation is 1. The summed E-state index contributed by atoms with van der Waals surface area (Å²) >= 11 is 1.26. The molecule has 0 aliphatic carbocycles. The summed E-state index contributed by atoms with van der Waals surface area (Å²) in [5.74, 6) is 0.525. The Morgan fingerprint density at radius 1 is 1.20 bits per heavy atom. The predicted molar refractivity (Wildman–Crippen MR) is 98.4 cm³/mol. The monoisotopic (exact) mass is 361 g/mol. The molecule has 0 saturated heterocycles. The molecule has 25 heavy (non-hydrogen) atoms. The molecule has 0 bridgehead atoms. The van der Waals surface area contributed by atoms with E-state index in [9.17, 15) is 9.59 Å². The molecule has 8 heteroatoms. The van der Waals surface area contributed by atoms with E-state index in [0.717, 1.165) is 23.4 Å². The van der Waals surface area contributed by atoms with Crippen LogP contribution in [0.25, 0.3) is 11.4 Å². The first-order valence-corrected chi connectivity index (χ1v) is 9.25. The third-order valence-corrected chi connectivity index (χ3v) is 4.51. The number of carbonyl (C=O) groups is 2. The van der Waals surface area contributed by atoms with E-state index in [2.05, 4.69) is 20.8 Å². The van der Waals surface area contributed by atoms with Gasteiger partial charge in [-0.1, -0.05) is 43.0 Å². The van der Waals surface area contributed by atoms with E-state index in [1.54, 1.807) is 0 Å². The molecule has 0 radical (unpaired) electrons. The van der Waals surface area contributed by atoms with E-state index in [4.69, 9.17) is 0 Å². The molecule has 0 fully saturated rings. The lowest BCUT2D eigenvalue weighted by Crippen LogP contribution is -2.40. The first-order valence-electron chi connectivity index (χ1n) is 8.26. The number of imide groups is 1. The zero-order valence-electron chi connectivity index (χ0n) is 14.7. The van der Waals surface area contributed by atoms with Gasteiger partial charge in [-0.3, -0.25) is 10.1 Å². The molecule has 0 unspecified atom stereocenters. The predicted octanol–water partition coefficient (Wildman–Crippen LogP) is 2.60. The number of thioether (sulfide) groups is 1. The second kappa shape index (κ2) is 9.22. The second-order valence-electron chi connectivity index (χ2n) is 5.46. The quantitative estimate of drug-likeness (QED) is 0.740. The van der Waals surface area contributed by atoms with Crippen LogP contribution in [0.3, 0.4) is 0 Å². The summed E-state index contributed by atoms with van der Waals surface area (Å²) in [5, 5.41) is 14.0.